The Bertz CT molecular complexity index is 772. The van der Waals surface area contributed by atoms with Gasteiger partial charge in [-0.25, -0.2) is 0 Å². The van der Waals surface area contributed by atoms with Crippen LogP contribution in [0.5, 0.6) is 11.5 Å². The predicted molar refractivity (Wildman–Crippen MR) is 73.7 cm³/mol. The van der Waals surface area contributed by atoms with Gasteiger partial charge >= 0.3 is 11.4 Å². The van der Waals surface area contributed by atoms with Crippen LogP contribution in [0.15, 0.2) is 46.6 Å². The Kier molecular flexibility index (Phi) is 3.93. The molecule has 0 bridgehead atoms. The topological polar surface area (TPSA) is 151 Å². The van der Waals surface area contributed by atoms with Crippen molar-refractivity contribution in [3.05, 3.63) is 56.6 Å². The summed E-state index contributed by atoms with van der Waals surface area (Å²) in [6.45, 7) is 0. The van der Waals surface area contributed by atoms with Gasteiger partial charge in [-0.1, -0.05) is 0 Å². The summed E-state index contributed by atoms with van der Waals surface area (Å²) in [7, 11) is 0. The summed E-state index contributed by atoms with van der Waals surface area (Å²) in [6, 6.07) is 6.92. The van der Waals surface area contributed by atoms with Crippen molar-refractivity contribution in [2.24, 2.45) is 10.2 Å². The van der Waals surface area contributed by atoms with Gasteiger partial charge in [-0.05, 0) is 24.3 Å². The number of hydrogen-bond donors (Lipinski definition) is 2. The third kappa shape index (κ3) is 3.12. The zero-order chi connectivity index (χ0) is 16.3. The quantitative estimate of drug-likeness (QED) is 0.502. The molecule has 2 aromatic carbocycles. The molecular weight excluding hydrogens is 296 g/mol. The van der Waals surface area contributed by atoms with Gasteiger partial charge in [0.2, 0.25) is 0 Å². The maximum absolute atomic E-state index is 10.9. The fourth-order valence-electron chi connectivity index (χ4n) is 1.56. The maximum atomic E-state index is 10.9. The Balaban J connectivity index is 2.45. The number of rotatable bonds is 4. The van der Waals surface area contributed by atoms with E-state index < -0.39 is 27.0 Å². The number of phenolic OH excluding ortho intramolecular Hbond substituents is 2. The second-order valence-electron chi connectivity index (χ2n) is 4.06. The van der Waals surface area contributed by atoms with Gasteiger partial charge in [0.1, 0.15) is 11.8 Å². The molecule has 0 amide bonds. The van der Waals surface area contributed by atoms with E-state index in [9.17, 15) is 25.3 Å². The number of aromatic hydroxyl groups is 2. The molecule has 112 valence electrons. The molecule has 0 atom stereocenters. The molecule has 0 aliphatic rings. The first-order valence-electron chi connectivity index (χ1n) is 5.75. The minimum absolute atomic E-state index is 0.0120. The molecule has 0 unspecified atom stereocenters. The Morgan fingerprint density at radius 2 is 1.45 bits per heavy atom. The summed E-state index contributed by atoms with van der Waals surface area (Å²) >= 11 is 0. The largest absolute Gasteiger partial charge is 0.508 e. The lowest BCUT2D eigenvalue weighted by atomic mass is 10.2. The average molecular weight is 304 g/mol. The lowest BCUT2D eigenvalue weighted by Gasteiger charge is -1.99. The second-order valence-corrected chi connectivity index (χ2v) is 4.06. The van der Waals surface area contributed by atoms with E-state index in [1.807, 2.05) is 0 Å². The third-order valence-corrected chi connectivity index (χ3v) is 2.59. The maximum Gasteiger partial charge on any atom is 0.317 e. The van der Waals surface area contributed by atoms with Crippen molar-refractivity contribution in [3.63, 3.8) is 0 Å². The molecule has 0 aliphatic heterocycles. The molecule has 22 heavy (non-hydrogen) atoms. The van der Waals surface area contributed by atoms with Crippen LogP contribution in [0, 0.1) is 20.2 Å². The van der Waals surface area contributed by atoms with E-state index in [0.29, 0.717) is 11.8 Å². The molecule has 0 fully saturated rings. The number of benzene rings is 2. The fraction of sp³-hybridized carbons (Fsp3) is 0. The summed E-state index contributed by atoms with van der Waals surface area (Å²) in [5, 5.41) is 47.5. The normalized spacial score (nSPS) is 10.7. The first-order chi connectivity index (χ1) is 10.4. The number of hydrogen-bond acceptors (Lipinski definition) is 8. The minimum Gasteiger partial charge on any atom is -0.508 e. The van der Waals surface area contributed by atoms with Crippen molar-refractivity contribution < 1.29 is 20.1 Å². The zero-order valence-corrected chi connectivity index (χ0v) is 10.8. The zero-order valence-electron chi connectivity index (χ0n) is 10.8. The monoisotopic (exact) mass is 304 g/mol. The van der Waals surface area contributed by atoms with Crippen LogP contribution in [-0.4, -0.2) is 20.1 Å². The number of nitro groups is 2. The molecule has 0 heterocycles. The summed E-state index contributed by atoms with van der Waals surface area (Å²) < 4.78 is 0. The van der Waals surface area contributed by atoms with Gasteiger partial charge < -0.3 is 10.2 Å². The van der Waals surface area contributed by atoms with Crippen molar-refractivity contribution in [1.82, 2.24) is 0 Å². The van der Waals surface area contributed by atoms with Gasteiger partial charge in [0.15, 0.2) is 11.4 Å². The molecule has 10 heteroatoms. The van der Waals surface area contributed by atoms with Crippen LogP contribution in [0.3, 0.4) is 0 Å². The number of nitro benzene ring substituents is 2. The Labute approximate surface area is 122 Å². The highest BCUT2D eigenvalue weighted by Gasteiger charge is 2.24. The summed E-state index contributed by atoms with van der Waals surface area (Å²) in [4.78, 5) is 19.8. The van der Waals surface area contributed by atoms with E-state index in [-0.39, 0.29) is 11.4 Å². The van der Waals surface area contributed by atoms with E-state index >= 15 is 0 Å². The van der Waals surface area contributed by atoms with E-state index in [1.165, 1.54) is 24.3 Å². The smallest absolute Gasteiger partial charge is 0.317 e. The molecule has 2 rings (SSSR count). The summed E-state index contributed by atoms with van der Waals surface area (Å²) in [5.41, 5.74) is -1.49. The first kappa shape index (κ1) is 14.8. The fourth-order valence-corrected chi connectivity index (χ4v) is 1.56. The third-order valence-electron chi connectivity index (χ3n) is 2.59. The van der Waals surface area contributed by atoms with Crippen molar-refractivity contribution in [1.29, 1.82) is 0 Å². The van der Waals surface area contributed by atoms with Crippen LogP contribution >= 0.6 is 0 Å². The average Bonchev–Trinajstić information content (AvgIpc) is 2.46. The highest BCUT2D eigenvalue weighted by atomic mass is 16.6. The Hall–Kier alpha value is -3.56. The van der Waals surface area contributed by atoms with Gasteiger partial charge in [0, 0.05) is 6.07 Å². The van der Waals surface area contributed by atoms with Crippen LogP contribution in [-0.2, 0) is 0 Å². The molecule has 0 saturated heterocycles. The van der Waals surface area contributed by atoms with Crippen LogP contribution in [0.25, 0.3) is 0 Å². The van der Waals surface area contributed by atoms with Crippen LogP contribution < -0.4 is 0 Å². The molecule has 0 spiro atoms. The van der Waals surface area contributed by atoms with Gasteiger partial charge in [-0.2, -0.15) is 5.11 Å². The van der Waals surface area contributed by atoms with E-state index in [4.69, 9.17) is 5.11 Å². The van der Waals surface area contributed by atoms with E-state index in [1.54, 1.807) is 0 Å². The van der Waals surface area contributed by atoms with Crippen LogP contribution in [0.1, 0.15) is 0 Å². The molecule has 2 N–H and O–H groups in total. The van der Waals surface area contributed by atoms with Crippen molar-refractivity contribution in [2.45, 2.75) is 0 Å². The molecule has 0 aliphatic carbocycles. The van der Waals surface area contributed by atoms with Crippen molar-refractivity contribution >= 4 is 22.7 Å². The minimum atomic E-state index is -0.941. The highest BCUT2D eigenvalue weighted by Crippen LogP contribution is 2.39. The van der Waals surface area contributed by atoms with Crippen LogP contribution in [0.2, 0.25) is 0 Å². The van der Waals surface area contributed by atoms with E-state index in [2.05, 4.69) is 10.2 Å². The Morgan fingerprint density at radius 3 is 2.00 bits per heavy atom. The lowest BCUT2D eigenvalue weighted by Crippen LogP contribution is -1.93. The van der Waals surface area contributed by atoms with Gasteiger partial charge in [0.05, 0.1) is 15.5 Å². The highest BCUT2D eigenvalue weighted by molar-refractivity contribution is 5.67. The Morgan fingerprint density at radius 1 is 0.864 bits per heavy atom. The van der Waals surface area contributed by atoms with Gasteiger partial charge in [-0.3, -0.25) is 20.2 Å². The molecule has 0 aromatic heterocycles. The predicted octanol–water partition coefficient (Wildman–Crippen LogP) is 3.33. The van der Waals surface area contributed by atoms with Gasteiger partial charge in [0.25, 0.3) is 0 Å². The number of azo groups is 1. The first-order valence-corrected chi connectivity index (χ1v) is 5.75. The van der Waals surface area contributed by atoms with Gasteiger partial charge in [-0.15, -0.1) is 5.11 Å². The number of phenols is 2. The molecule has 10 nitrogen and oxygen atoms in total. The summed E-state index contributed by atoms with van der Waals surface area (Å²) in [5.74, 6) is -0.742. The SMILES string of the molecule is O=[N+]([O-])c1cc([N+](=O)[O-])c(N=Nc2ccc(O)cc2)cc1O. The standard InChI is InChI=1S/C12H8N4O6/c17-8-3-1-7(2-4-8)13-14-9-5-12(18)11(16(21)22)6-10(9)15(19)20/h1-6,17-18H. The van der Waals surface area contributed by atoms with Crippen LogP contribution in [0.4, 0.5) is 22.7 Å². The molecule has 0 saturated carbocycles. The number of nitrogens with zero attached hydrogens (tertiary/aromatic N) is 4. The lowest BCUT2D eigenvalue weighted by molar-refractivity contribution is -0.394. The molecular formula is C12H8N4O6. The van der Waals surface area contributed by atoms with Crippen molar-refractivity contribution in [2.75, 3.05) is 0 Å². The molecule has 0 radical (unpaired) electrons. The summed E-state index contributed by atoms with van der Waals surface area (Å²) in [6.07, 6.45) is 0. The van der Waals surface area contributed by atoms with Crippen molar-refractivity contribution in [3.8, 4) is 11.5 Å². The molecule has 2 aromatic rings. The second kappa shape index (κ2) is 5.83. The van der Waals surface area contributed by atoms with E-state index in [0.717, 1.165) is 6.07 Å².